The fourth-order valence-corrected chi connectivity index (χ4v) is 3.41. The molecule has 3 nitrogen and oxygen atoms in total. The van der Waals surface area contributed by atoms with Crippen LogP contribution in [-0.2, 0) is 9.53 Å². The van der Waals surface area contributed by atoms with Crippen LogP contribution in [0.25, 0.3) is 10.8 Å². The van der Waals surface area contributed by atoms with Crippen molar-refractivity contribution in [3.05, 3.63) is 83.4 Å². The topological polar surface area (TPSA) is 43.4 Å². The van der Waals surface area contributed by atoms with Crippen molar-refractivity contribution in [2.75, 3.05) is 6.61 Å². The molecule has 2 atom stereocenters. The number of ether oxygens (including phenoxy) is 1. The van der Waals surface area contributed by atoms with Gasteiger partial charge in [0.2, 0.25) is 0 Å². The van der Waals surface area contributed by atoms with Gasteiger partial charge in [-0.1, -0.05) is 78.2 Å². The molecule has 3 rings (SSSR count). The van der Waals surface area contributed by atoms with Crippen molar-refractivity contribution in [3.63, 3.8) is 0 Å². The molecule has 0 radical (unpaired) electrons. The summed E-state index contributed by atoms with van der Waals surface area (Å²) in [4.78, 5) is 26.1. The normalized spacial score (nSPS) is 12.8. The number of hydrogen-bond acceptors (Lipinski definition) is 3. The van der Waals surface area contributed by atoms with Crippen molar-refractivity contribution in [2.24, 2.45) is 5.92 Å². The van der Waals surface area contributed by atoms with E-state index in [0.29, 0.717) is 5.56 Å². The highest BCUT2D eigenvalue weighted by Gasteiger charge is 2.37. The average molecular weight is 370 g/mol. The Morgan fingerprint density at radius 1 is 1.00 bits per heavy atom. The van der Waals surface area contributed by atoms with E-state index in [1.807, 2.05) is 61.5 Å². The Morgan fingerprint density at radius 3 is 2.36 bits per heavy atom. The molecule has 0 N–H and O–H groups in total. The summed E-state index contributed by atoms with van der Waals surface area (Å²) in [6, 6.07) is 20.7. The molecule has 0 saturated carbocycles. The van der Waals surface area contributed by atoms with Crippen LogP contribution in [0, 0.1) is 25.2 Å². The van der Waals surface area contributed by atoms with E-state index in [-0.39, 0.29) is 12.4 Å². The molecule has 0 aliphatic rings. The number of aryl methyl sites for hydroxylation is 1. The maximum atomic E-state index is 13.3. The Balaban J connectivity index is 2.12. The molecule has 0 bridgehead atoms. The minimum absolute atomic E-state index is 0.184. The lowest BCUT2D eigenvalue weighted by atomic mass is 9.80. The standard InChI is InChI=1S/C25H22O3/c1-4-20(22-12-8-10-18-9-6-7-11-21(18)22)23(25(27)28-5-2)24(26)19-15-13-17(3)14-16-19/h1,6-16,20,23H,5H2,2-3H3/t20-,23-/m1/s1. The second kappa shape index (κ2) is 8.54. The molecule has 0 aliphatic heterocycles. The average Bonchev–Trinajstić information content (AvgIpc) is 2.72. The molecular weight excluding hydrogens is 348 g/mol. The summed E-state index contributed by atoms with van der Waals surface area (Å²) in [7, 11) is 0. The molecule has 0 aliphatic carbocycles. The highest BCUT2D eigenvalue weighted by atomic mass is 16.5. The zero-order valence-electron chi connectivity index (χ0n) is 16.0. The lowest BCUT2D eigenvalue weighted by Gasteiger charge is -2.22. The van der Waals surface area contributed by atoms with Crippen LogP contribution in [0.2, 0.25) is 0 Å². The quantitative estimate of drug-likeness (QED) is 0.267. The second-order valence-electron chi connectivity index (χ2n) is 6.67. The third kappa shape index (κ3) is 3.82. The maximum Gasteiger partial charge on any atom is 0.318 e. The first-order valence-electron chi connectivity index (χ1n) is 9.28. The predicted molar refractivity (Wildman–Crippen MR) is 111 cm³/mol. The Labute approximate surface area is 165 Å². The lowest BCUT2D eigenvalue weighted by molar-refractivity contribution is -0.146. The van der Waals surface area contributed by atoms with Gasteiger partial charge in [-0.2, -0.15) is 0 Å². The Bertz CT molecular complexity index is 1040. The number of benzene rings is 3. The van der Waals surface area contributed by atoms with Gasteiger partial charge in [0, 0.05) is 5.56 Å². The van der Waals surface area contributed by atoms with Crippen LogP contribution in [-0.4, -0.2) is 18.4 Å². The van der Waals surface area contributed by atoms with Crippen LogP contribution in [0.1, 0.15) is 34.3 Å². The second-order valence-corrected chi connectivity index (χ2v) is 6.67. The first-order valence-corrected chi connectivity index (χ1v) is 9.28. The summed E-state index contributed by atoms with van der Waals surface area (Å²) in [6.07, 6.45) is 5.86. The SMILES string of the molecule is C#C[C@H](c1cccc2ccccc12)[C@@H](C(=O)OCC)C(=O)c1ccc(C)cc1. The van der Waals surface area contributed by atoms with Gasteiger partial charge in [-0.15, -0.1) is 6.42 Å². The molecule has 0 amide bonds. The van der Waals surface area contributed by atoms with Crippen molar-refractivity contribution in [1.29, 1.82) is 0 Å². The summed E-state index contributed by atoms with van der Waals surface area (Å²) >= 11 is 0. The molecular formula is C25H22O3. The van der Waals surface area contributed by atoms with Gasteiger partial charge in [-0.3, -0.25) is 9.59 Å². The largest absolute Gasteiger partial charge is 0.465 e. The molecule has 0 heterocycles. The number of esters is 1. The first kappa shape index (κ1) is 19.4. The number of carbonyl (C=O) groups is 2. The minimum Gasteiger partial charge on any atom is -0.465 e. The zero-order valence-corrected chi connectivity index (χ0v) is 16.0. The van der Waals surface area contributed by atoms with E-state index >= 15 is 0 Å². The van der Waals surface area contributed by atoms with Crippen molar-refractivity contribution in [2.45, 2.75) is 19.8 Å². The van der Waals surface area contributed by atoms with E-state index < -0.39 is 17.8 Å². The van der Waals surface area contributed by atoms with Crippen LogP contribution >= 0.6 is 0 Å². The summed E-state index contributed by atoms with van der Waals surface area (Å²) < 4.78 is 5.23. The van der Waals surface area contributed by atoms with Crippen molar-refractivity contribution < 1.29 is 14.3 Å². The molecule has 0 aromatic heterocycles. The minimum atomic E-state index is -1.10. The highest BCUT2D eigenvalue weighted by Crippen LogP contribution is 2.33. The molecule has 3 heteroatoms. The van der Waals surface area contributed by atoms with Gasteiger partial charge in [0.1, 0.15) is 5.92 Å². The number of fused-ring (bicyclic) bond motifs is 1. The number of Topliss-reactive ketones (excluding diaryl/α,β-unsaturated/α-hetero) is 1. The molecule has 0 spiro atoms. The Kier molecular flexibility index (Phi) is 5.91. The maximum absolute atomic E-state index is 13.3. The smallest absolute Gasteiger partial charge is 0.318 e. The fraction of sp³-hybridized carbons (Fsp3) is 0.200. The summed E-state index contributed by atoms with van der Waals surface area (Å²) in [5, 5.41) is 1.93. The van der Waals surface area contributed by atoms with Crippen molar-refractivity contribution in [3.8, 4) is 12.3 Å². The van der Waals surface area contributed by atoms with Crippen LogP contribution in [0.4, 0.5) is 0 Å². The number of carbonyl (C=O) groups excluding carboxylic acids is 2. The van der Waals surface area contributed by atoms with E-state index in [9.17, 15) is 9.59 Å². The molecule has 0 saturated heterocycles. The molecule has 0 unspecified atom stereocenters. The van der Waals surface area contributed by atoms with E-state index in [0.717, 1.165) is 21.9 Å². The van der Waals surface area contributed by atoms with Gasteiger partial charge in [-0.25, -0.2) is 0 Å². The molecule has 3 aromatic rings. The van der Waals surface area contributed by atoms with Crippen molar-refractivity contribution >= 4 is 22.5 Å². The molecule has 28 heavy (non-hydrogen) atoms. The van der Waals surface area contributed by atoms with Gasteiger partial charge >= 0.3 is 5.97 Å². The van der Waals surface area contributed by atoms with Gasteiger partial charge in [0.05, 0.1) is 12.5 Å². The van der Waals surface area contributed by atoms with Crippen molar-refractivity contribution in [1.82, 2.24) is 0 Å². The summed E-state index contributed by atoms with van der Waals surface area (Å²) in [5.74, 6) is -0.0498. The fourth-order valence-electron chi connectivity index (χ4n) is 3.41. The van der Waals surface area contributed by atoms with E-state index in [1.165, 1.54) is 0 Å². The van der Waals surface area contributed by atoms with Crippen LogP contribution in [0.15, 0.2) is 66.7 Å². The van der Waals surface area contributed by atoms with Crippen LogP contribution in [0.5, 0.6) is 0 Å². The number of rotatable bonds is 6. The van der Waals surface area contributed by atoms with Crippen LogP contribution < -0.4 is 0 Å². The zero-order chi connectivity index (χ0) is 20.1. The summed E-state index contributed by atoms with van der Waals surface area (Å²) in [6.45, 7) is 3.84. The third-order valence-corrected chi connectivity index (χ3v) is 4.83. The van der Waals surface area contributed by atoms with Gasteiger partial charge < -0.3 is 4.74 Å². The lowest BCUT2D eigenvalue weighted by Crippen LogP contribution is -2.31. The van der Waals surface area contributed by atoms with Gasteiger partial charge in [-0.05, 0) is 30.2 Å². The first-order chi connectivity index (χ1) is 13.6. The number of terminal acetylenes is 1. The highest BCUT2D eigenvalue weighted by molar-refractivity contribution is 6.10. The molecule has 3 aromatic carbocycles. The van der Waals surface area contributed by atoms with E-state index in [1.54, 1.807) is 19.1 Å². The summed E-state index contributed by atoms with van der Waals surface area (Å²) in [5.41, 5.74) is 2.26. The van der Waals surface area contributed by atoms with Gasteiger partial charge in [0.15, 0.2) is 5.78 Å². The van der Waals surface area contributed by atoms with E-state index in [4.69, 9.17) is 11.2 Å². The monoisotopic (exact) mass is 370 g/mol. The van der Waals surface area contributed by atoms with Gasteiger partial charge in [0.25, 0.3) is 0 Å². The van der Waals surface area contributed by atoms with E-state index in [2.05, 4.69) is 5.92 Å². The number of hydrogen-bond donors (Lipinski definition) is 0. The molecule has 140 valence electrons. The van der Waals surface area contributed by atoms with Crippen LogP contribution in [0.3, 0.4) is 0 Å². The predicted octanol–water partition coefficient (Wildman–Crippen LogP) is 4.93. The third-order valence-electron chi connectivity index (χ3n) is 4.83. The Morgan fingerprint density at radius 2 is 1.68 bits per heavy atom. The number of ketones is 1. The Hall–Kier alpha value is -3.38. The molecule has 0 fully saturated rings.